The molecule has 0 amide bonds. The number of likely N-dealkylation sites (tertiary alicyclic amines) is 1. The van der Waals surface area contributed by atoms with Gasteiger partial charge in [-0.05, 0) is 74.9 Å². The van der Waals surface area contributed by atoms with Crippen molar-refractivity contribution in [1.82, 2.24) is 15.5 Å². The zero-order chi connectivity index (χ0) is 21.3. The first-order valence-electron chi connectivity index (χ1n) is 10.2. The number of piperidine rings is 1. The van der Waals surface area contributed by atoms with Crippen molar-refractivity contribution in [3.8, 4) is 0 Å². The van der Waals surface area contributed by atoms with Crippen LogP contribution in [0.3, 0.4) is 0 Å². The van der Waals surface area contributed by atoms with Crippen molar-refractivity contribution in [3.63, 3.8) is 0 Å². The zero-order valence-electron chi connectivity index (χ0n) is 17.6. The predicted octanol–water partition coefficient (Wildman–Crippen LogP) is 4.40. The van der Waals surface area contributed by atoms with Crippen molar-refractivity contribution >= 4 is 17.7 Å². The van der Waals surface area contributed by atoms with Crippen LogP contribution in [-0.2, 0) is 6.18 Å². The lowest BCUT2D eigenvalue weighted by Crippen LogP contribution is -2.45. The third kappa shape index (κ3) is 7.41. The first-order chi connectivity index (χ1) is 13.9. The number of nitrogens with one attached hydrogen (secondary N) is 2. The van der Waals surface area contributed by atoms with Crippen LogP contribution in [0.2, 0.25) is 0 Å². The van der Waals surface area contributed by atoms with Gasteiger partial charge >= 0.3 is 6.18 Å². The second kappa shape index (κ2) is 11.7. The Kier molecular flexibility index (Phi) is 9.62. The van der Waals surface area contributed by atoms with Gasteiger partial charge in [-0.25, -0.2) is 0 Å². The average Bonchev–Trinajstić information content (AvgIpc) is 2.69. The lowest BCUT2D eigenvalue weighted by molar-refractivity contribution is -0.137. The Morgan fingerprint density at radius 1 is 1.21 bits per heavy atom. The first kappa shape index (κ1) is 23.9. The summed E-state index contributed by atoms with van der Waals surface area (Å²) >= 11 is 1.86. The highest BCUT2D eigenvalue weighted by atomic mass is 32.2. The summed E-state index contributed by atoms with van der Waals surface area (Å²) in [5.41, 5.74) is 0.340. The fourth-order valence-electron chi connectivity index (χ4n) is 3.90. The second-order valence-corrected chi connectivity index (χ2v) is 8.51. The zero-order valence-corrected chi connectivity index (χ0v) is 18.4. The monoisotopic (exact) mass is 430 g/mol. The highest BCUT2D eigenvalue weighted by molar-refractivity contribution is 7.98. The Morgan fingerprint density at radius 2 is 1.93 bits per heavy atom. The Balaban J connectivity index is 1.97. The number of rotatable bonds is 8. The largest absolute Gasteiger partial charge is 0.416 e. The third-order valence-electron chi connectivity index (χ3n) is 5.41. The first-order valence-corrected chi connectivity index (χ1v) is 11.6. The average molecular weight is 431 g/mol. The molecule has 1 fully saturated rings. The lowest BCUT2D eigenvalue weighted by Gasteiger charge is -2.40. The number of hydrogen-bond acceptors (Lipinski definition) is 3. The van der Waals surface area contributed by atoms with Gasteiger partial charge in [-0.2, -0.15) is 24.9 Å². The van der Waals surface area contributed by atoms with Crippen LogP contribution in [0.15, 0.2) is 29.3 Å². The molecule has 2 rings (SSSR count). The normalized spacial score (nSPS) is 21.2. The number of nitrogens with zero attached hydrogens (tertiary/aromatic N) is 2. The number of halogens is 3. The number of guanidine groups is 1. The molecule has 0 aromatic heterocycles. The summed E-state index contributed by atoms with van der Waals surface area (Å²) in [7, 11) is 3.81. The third-order valence-corrected chi connectivity index (χ3v) is 6.11. The van der Waals surface area contributed by atoms with Gasteiger partial charge in [0.1, 0.15) is 0 Å². The van der Waals surface area contributed by atoms with Crippen LogP contribution >= 0.6 is 11.8 Å². The van der Waals surface area contributed by atoms with Gasteiger partial charge < -0.3 is 10.6 Å². The molecule has 2 unspecified atom stereocenters. The Labute approximate surface area is 176 Å². The molecule has 0 aliphatic carbocycles. The summed E-state index contributed by atoms with van der Waals surface area (Å²) in [5, 5.41) is 6.76. The molecule has 1 saturated heterocycles. The summed E-state index contributed by atoms with van der Waals surface area (Å²) in [5.74, 6) is 2.26. The van der Waals surface area contributed by atoms with Crippen LogP contribution < -0.4 is 10.6 Å². The minimum atomic E-state index is -4.30. The van der Waals surface area contributed by atoms with Crippen molar-refractivity contribution in [1.29, 1.82) is 0 Å². The van der Waals surface area contributed by atoms with Gasteiger partial charge in [0, 0.05) is 26.2 Å². The van der Waals surface area contributed by atoms with E-state index in [9.17, 15) is 13.2 Å². The van der Waals surface area contributed by atoms with Crippen molar-refractivity contribution in [2.45, 2.75) is 37.9 Å². The van der Waals surface area contributed by atoms with Gasteiger partial charge in [0.05, 0.1) is 5.56 Å². The maximum absolute atomic E-state index is 12.9. The van der Waals surface area contributed by atoms with Gasteiger partial charge in [-0.15, -0.1) is 0 Å². The summed E-state index contributed by atoms with van der Waals surface area (Å²) in [4.78, 5) is 6.54. The molecule has 4 nitrogen and oxygen atoms in total. The topological polar surface area (TPSA) is 39.7 Å². The van der Waals surface area contributed by atoms with E-state index in [1.165, 1.54) is 18.6 Å². The van der Waals surface area contributed by atoms with Gasteiger partial charge in [0.2, 0.25) is 0 Å². The molecule has 0 bridgehead atoms. The number of alkyl halides is 3. The molecule has 1 aliphatic heterocycles. The smallest absolute Gasteiger partial charge is 0.356 e. The molecule has 8 heteroatoms. The Hall–Kier alpha value is -1.41. The van der Waals surface area contributed by atoms with Gasteiger partial charge in [0.15, 0.2) is 5.96 Å². The van der Waals surface area contributed by atoms with E-state index in [-0.39, 0.29) is 6.04 Å². The van der Waals surface area contributed by atoms with Crippen LogP contribution in [0.5, 0.6) is 0 Å². The van der Waals surface area contributed by atoms with E-state index >= 15 is 0 Å². The van der Waals surface area contributed by atoms with Crippen LogP contribution in [0, 0.1) is 5.92 Å². The van der Waals surface area contributed by atoms with Gasteiger partial charge in [0.25, 0.3) is 0 Å². The SMILES string of the molecule is CN=C(NCCCCSC)NCC1CCCN(C)C1c1ccc(C(F)(F)F)cc1. The molecule has 1 aromatic rings. The van der Waals surface area contributed by atoms with E-state index in [1.54, 1.807) is 19.2 Å². The van der Waals surface area contributed by atoms with Crippen LogP contribution in [0.1, 0.15) is 42.9 Å². The molecule has 1 aromatic carbocycles. The Morgan fingerprint density at radius 3 is 2.55 bits per heavy atom. The number of unbranched alkanes of at least 4 members (excludes halogenated alkanes) is 1. The van der Waals surface area contributed by atoms with Crippen molar-refractivity contribution in [2.75, 3.05) is 45.7 Å². The maximum Gasteiger partial charge on any atom is 0.416 e. The fourth-order valence-corrected chi connectivity index (χ4v) is 4.39. The standard InChI is InChI=1S/C21H33F3N4S/c1-25-20(26-12-4-5-14-29-3)27-15-17-7-6-13-28(2)19(17)16-8-10-18(11-9-16)21(22,23)24/h8-11,17,19H,4-7,12-15H2,1-3H3,(H2,25,26,27). The van der Waals surface area contributed by atoms with E-state index < -0.39 is 11.7 Å². The highest BCUT2D eigenvalue weighted by Gasteiger charge is 2.33. The number of hydrogen-bond donors (Lipinski definition) is 2. The molecule has 2 N–H and O–H groups in total. The van der Waals surface area contributed by atoms with Crippen molar-refractivity contribution in [3.05, 3.63) is 35.4 Å². The molecule has 1 aliphatic rings. The maximum atomic E-state index is 12.9. The van der Waals surface area contributed by atoms with Crippen LogP contribution in [-0.4, -0.2) is 56.6 Å². The van der Waals surface area contributed by atoms with E-state index in [4.69, 9.17) is 0 Å². The molecule has 0 spiro atoms. The summed E-state index contributed by atoms with van der Waals surface area (Å²) in [6, 6.07) is 5.73. The van der Waals surface area contributed by atoms with E-state index in [0.717, 1.165) is 56.2 Å². The summed E-state index contributed by atoms with van der Waals surface area (Å²) < 4.78 is 38.7. The minimum Gasteiger partial charge on any atom is -0.356 e. The quantitative estimate of drug-likeness (QED) is 0.364. The second-order valence-electron chi connectivity index (χ2n) is 7.53. The molecular formula is C21H33F3N4S. The van der Waals surface area contributed by atoms with E-state index in [1.807, 2.05) is 18.8 Å². The Bertz CT molecular complexity index is 634. The molecule has 29 heavy (non-hydrogen) atoms. The van der Waals surface area contributed by atoms with Crippen LogP contribution in [0.25, 0.3) is 0 Å². The number of aliphatic imine (C=N–C) groups is 1. The van der Waals surface area contributed by atoms with Crippen LogP contribution in [0.4, 0.5) is 13.2 Å². The molecule has 2 atom stereocenters. The van der Waals surface area contributed by atoms with Crippen molar-refractivity contribution < 1.29 is 13.2 Å². The highest BCUT2D eigenvalue weighted by Crippen LogP contribution is 2.36. The summed E-state index contributed by atoms with van der Waals surface area (Å²) in [6.07, 6.45) is 2.21. The van der Waals surface area contributed by atoms with Crippen molar-refractivity contribution in [2.24, 2.45) is 10.9 Å². The predicted molar refractivity (Wildman–Crippen MR) is 117 cm³/mol. The minimum absolute atomic E-state index is 0.0956. The van der Waals surface area contributed by atoms with E-state index in [2.05, 4.69) is 26.8 Å². The van der Waals surface area contributed by atoms with Gasteiger partial charge in [-0.3, -0.25) is 9.89 Å². The fraction of sp³-hybridized carbons (Fsp3) is 0.667. The molecular weight excluding hydrogens is 397 g/mol. The number of thioether (sulfide) groups is 1. The molecule has 0 saturated carbocycles. The lowest BCUT2D eigenvalue weighted by atomic mass is 9.84. The molecule has 1 heterocycles. The summed E-state index contributed by atoms with van der Waals surface area (Å²) in [6.45, 7) is 2.57. The van der Waals surface area contributed by atoms with Gasteiger partial charge in [-0.1, -0.05) is 12.1 Å². The van der Waals surface area contributed by atoms with E-state index in [0.29, 0.717) is 5.92 Å². The number of benzene rings is 1. The molecule has 164 valence electrons. The molecule has 0 radical (unpaired) electrons.